The molecular weight excluding hydrogens is 182 g/mol. The molecule has 2 rings (SSSR count). The number of aromatic nitrogens is 2. The number of hydrogen-bond acceptors (Lipinski definition) is 5. The standard InChI is InChI=1S/C9H15N3O2/c1-7-11-8(12-14-7)3-10-4-9(2)5-13-6-9/h10H,3-6H2,1-2H3. The SMILES string of the molecule is Cc1nc(CNCC2(C)COC2)no1. The summed E-state index contributed by atoms with van der Waals surface area (Å²) in [6.07, 6.45) is 0. The Morgan fingerprint density at radius 2 is 2.29 bits per heavy atom. The first-order valence-corrected chi connectivity index (χ1v) is 4.76. The lowest BCUT2D eigenvalue weighted by molar-refractivity contribution is -0.0992. The van der Waals surface area contributed by atoms with Crippen LogP contribution in [0.4, 0.5) is 0 Å². The first-order chi connectivity index (χ1) is 6.68. The first kappa shape index (κ1) is 9.61. The number of nitrogens with zero attached hydrogens (tertiary/aromatic N) is 2. The van der Waals surface area contributed by atoms with Crippen molar-refractivity contribution in [1.82, 2.24) is 15.5 Å². The molecule has 0 aromatic carbocycles. The monoisotopic (exact) mass is 197 g/mol. The minimum Gasteiger partial charge on any atom is -0.380 e. The molecule has 1 N–H and O–H groups in total. The van der Waals surface area contributed by atoms with E-state index in [9.17, 15) is 0 Å². The van der Waals surface area contributed by atoms with Crippen LogP contribution < -0.4 is 5.32 Å². The number of nitrogens with one attached hydrogen (secondary N) is 1. The van der Waals surface area contributed by atoms with E-state index in [0.29, 0.717) is 23.7 Å². The Bertz CT molecular complexity index is 307. The summed E-state index contributed by atoms with van der Waals surface area (Å²) >= 11 is 0. The van der Waals surface area contributed by atoms with E-state index >= 15 is 0 Å². The molecular formula is C9H15N3O2. The van der Waals surface area contributed by atoms with Crippen LogP contribution in [0.2, 0.25) is 0 Å². The van der Waals surface area contributed by atoms with Crippen LogP contribution in [-0.2, 0) is 11.3 Å². The van der Waals surface area contributed by atoms with E-state index in [1.165, 1.54) is 0 Å². The third-order valence-electron chi connectivity index (χ3n) is 2.31. The van der Waals surface area contributed by atoms with E-state index in [1.54, 1.807) is 6.92 Å². The molecule has 1 aliphatic heterocycles. The molecule has 78 valence electrons. The Labute approximate surface area is 82.8 Å². The van der Waals surface area contributed by atoms with Gasteiger partial charge in [-0.05, 0) is 0 Å². The highest BCUT2D eigenvalue weighted by Crippen LogP contribution is 2.24. The van der Waals surface area contributed by atoms with Crippen LogP contribution in [0.15, 0.2) is 4.52 Å². The summed E-state index contributed by atoms with van der Waals surface area (Å²) in [6.45, 7) is 7.26. The number of hydrogen-bond donors (Lipinski definition) is 1. The average molecular weight is 197 g/mol. The Hall–Kier alpha value is -0.940. The van der Waals surface area contributed by atoms with Crippen LogP contribution in [-0.4, -0.2) is 29.9 Å². The Morgan fingerprint density at radius 3 is 2.79 bits per heavy atom. The summed E-state index contributed by atoms with van der Waals surface area (Å²) in [5, 5.41) is 7.09. The van der Waals surface area contributed by atoms with Crippen molar-refractivity contribution in [2.75, 3.05) is 19.8 Å². The van der Waals surface area contributed by atoms with E-state index in [2.05, 4.69) is 22.4 Å². The second-order valence-electron chi connectivity index (χ2n) is 4.14. The Balaban J connectivity index is 1.72. The minimum atomic E-state index is 0.290. The lowest BCUT2D eigenvalue weighted by atomic mass is 9.89. The van der Waals surface area contributed by atoms with Crippen LogP contribution >= 0.6 is 0 Å². The minimum absolute atomic E-state index is 0.290. The Kier molecular flexibility index (Phi) is 2.52. The van der Waals surface area contributed by atoms with Crippen molar-refractivity contribution in [2.24, 2.45) is 5.41 Å². The van der Waals surface area contributed by atoms with E-state index in [0.717, 1.165) is 19.8 Å². The molecule has 0 bridgehead atoms. The van der Waals surface area contributed by atoms with Gasteiger partial charge in [0.2, 0.25) is 5.89 Å². The first-order valence-electron chi connectivity index (χ1n) is 4.76. The second-order valence-corrected chi connectivity index (χ2v) is 4.14. The van der Waals surface area contributed by atoms with Gasteiger partial charge in [0, 0.05) is 18.9 Å². The molecule has 0 spiro atoms. The summed E-state index contributed by atoms with van der Waals surface area (Å²) in [7, 11) is 0. The fraction of sp³-hybridized carbons (Fsp3) is 0.778. The third-order valence-corrected chi connectivity index (χ3v) is 2.31. The van der Waals surface area contributed by atoms with Crippen LogP contribution in [0.3, 0.4) is 0 Å². The van der Waals surface area contributed by atoms with Gasteiger partial charge in [-0.25, -0.2) is 0 Å². The molecule has 0 radical (unpaired) electrons. The van der Waals surface area contributed by atoms with Gasteiger partial charge in [-0.3, -0.25) is 0 Å². The van der Waals surface area contributed by atoms with Gasteiger partial charge >= 0.3 is 0 Å². The average Bonchev–Trinajstić information content (AvgIpc) is 2.49. The lowest BCUT2D eigenvalue weighted by Crippen LogP contribution is -2.47. The zero-order valence-corrected chi connectivity index (χ0v) is 8.54. The third kappa shape index (κ3) is 2.10. The van der Waals surface area contributed by atoms with Crippen molar-refractivity contribution >= 4 is 0 Å². The van der Waals surface area contributed by atoms with Crippen LogP contribution in [0.5, 0.6) is 0 Å². The van der Waals surface area contributed by atoms with Crippen molar-refractivity contribution in [3.8, 4) is 0 Å². The molecule has 14 heavy (non-hydrogen) atoms. The van der Waals surface area contributed by atoms with Crippen LogP contribution in [0.1, 0.15) is 18.6 Å². The van der Waals surface area contributed by atoms with Gasteiger partial charge in [0.05, 0.1) is 19.8 Å². The predicted molar refractivity (Wildman–Crippen MR) is 49.7 cm³/mol. The molecule has 5 heteroatoms. The van der Waals surface area contributed by atoms with E-state index < -0.39 is 0 Å². The number of aryl methyl sites for hydroxylation is 1. The van der Waals surface area contributed by atoms with Crippen molar-refractivity contribution < 1.29 is 9.26 Å². The molecule has 5 nitrogen and oxygen atoms in total. The summed E-state index contributed by atoms with van der Waals surface area (Å²) in [6, 6.07) is 0. The Morgan fingerprint density at radius 1 is 1.50 bits per heavy atom. The molecule has 0 unspecified atom stereocenters. The molecule has 1 saturated heterocycles. The number of rotatable bonds is 4. The molecule has 0 aliphatic carbocycles. The summed E-state index contributed by atoms with van der Waals surface area (Å²) in [5.41, 5.74) is 0.290. The molecule has 1 aliphatic rings. The quantitative estimate of drug-likeness (QED) is 0.761. The normalized spacial score (nSPS) is 19.3. The molecule has 1 aromatic rings. The highest BCUT2D eigenvalue weighted by atomic mass is 16.5. The molecule has 0 atom stereocenters. The van der Waals surface area contributed by atoms with E-state index in [-0.39, 0.29) is 0 Å². The second kappa shape index (κ2) is 3.67. The highest BCUT2D eigenvalue weighted by molar-refractivity contribution is 4.86. The highest BCUT2D eigenvalue weighted by Gasteiger charge is 2.32. The van der Waals surface area contributed by atoms with Gasteiger partial charge in [0.25, 0.3) is 0 Å². The summed E-state index contributed by atoms with van der Waals surface area (Å²) < 4.78 is 10.0. The van der Waals surface area contributed by atoms with Crippen LogP contribution in [0.25, 0.3) is 0 Å². The maximum atomic E-state index is 5.15. The smallest absolute Gasteiger partial charge is 0.223 e. The van der Waals surface area contributed by atoms with Gasteiger partial charge in [0.1, 0.15) is 0 Å². The fourth-order valence-corrected chi connectivity index (χ4v) is 1.44. The van der Waals surface area contributed by atoms with Gasteiger partial charge in [-0.1, -0.05) is 12.1 Å². The molecule has 0 saturated carbocycles. The predicted octanol–water partition coefficient (Wildman–Crippen LogP) is 0.504. The largest absolute Gasteiger partial charge is 0.380 e. The zero-order chi connectivity index (χ0) is 10.0. The van der Waals surface area contributed by atoms with Gasteiger partial charge in [-0.2, -0.15) is 4.98 Å². The molecule has 1 fully saturated rings. The number of ether oxygens (including phenoxy) is 1. The molecule has 0 amide bonds. The maximum absolute atomic E-state index is 5.15. The van der Waals surface area contributed by atoms with Gasteiger partial charge in [-0.15, -0.1) is 0 Å². The summed E-state index contributed by atoms with van der Waals surface area (Å²) in [5.74, 6) is 1.33. The zero-order valence-electron chi connectivity index (χ0n) is 8.54. The topological polar surface area (TPSA) is 60.2 Å². The van der Waals surface area contributed by atoms with Gasteiger partial charge in [0.15, 0.2) is 5.82 Å². The lowest BCUT2D eigenvalue weighted by Gasteiger charge is -2.38. The van der Waals surface area contributed by atoms with E-state index in [1.807, 2.05) is 0 Å². The van der Waals surface area contributed by atoms with Gasteiger partial charge < -0.3 is 14.6 Å². The summed E-state index contributed by atoms with van der Waals surface area (Å²) in [4.78, 5) is 4.10. The molecule has 2 heterocycles. The van der Waals surface area contributed by atoms with Crippen LogP contribution in [0, 0.1) is 12.3 Å². The maximum Gasteiger partial charge on any atom is 0.223 e. The molecule has 1 aromatic heterocycles. The van der Waals surface area contributed by atoms with Crippen molar-refractivity contribution in [1.29, 1.82) is 0 Å². The van der Waals surface area contributed by atoms with Crippen molar-refractivity contribution in [3.05, 3.63) is 11.7 Å². The van der Waals surface area contributed by atoms with Crippen molar-refractivity contribution in [2.45, 2.75) is 20.4 Å². The van der Waals surface area contributed by atoms with E-state index in [4.69, 9.17) is 9.26 Å². The van der Waals surface area contributed by atoms with Crippen molar-refractivity contribution in [3.63, 3.8) is 0 Å². The fourth-order valence-electron chi connectivity index (χ4n) is 1.44.